The van der Waals surface area contributed by atoms with Crippen molar-refractivity contribution in [3.63, 3.8) is 0 Å². The molecular weight excluding hydrogens is 225 g/mol. The monoisotopic (exact) mass is 247 g/mol. The van der Waals surface area contributed by atoms with E-state index < -0.39 is 7.12 Å². The van der Waals surface area contributed by atoms with Crippen LogP contribution in [0.2, 0.25) is 0 Å². The van der Waals surface area contributed by atoms with Crippen LogP contribution in [0.5, 0.6) is 0 Å². The average Bonchev–Trinajstić information content (AvgIpc) is 2.77. The highest BCUT2D eigenvalue weighted by molar-refractivity contribution is 6.59. The molecule has 18 heavy (non-hydrogen) atoms. The topological polar surface area (TPSA) is 43.7 Å². The molecule has 0 amide bonds. The van der Waals surface area contributed by atoms with Gasteiger partial charge < -0.3 is 10.0 Å². The van der Waals surface area contributed by atoms with Gasteiger partial charge in [0.1, 0.15) is 0 Å². The van der Waals surface area contributed by atoms with E-state index in [1.54, 1.807) is 6.07 Å². The van der Waals surface area contributed by atoms with Gasteiger partial charge in [-0.1, -0.05) is 38.1 Å². The summed E-state index contributed by atoms with van der Waals surface area (Å²) in [5.41, 5.74) is 1.66. The predicted octanol–water partition coefficient (Wildman–Crippen LogP) is 0.987. The molecule has 1 atom stereocenters. The molecule has 1 saturated heterocycles. The van der Waals surface area contributed by atoms with Crippen molar-refractivity contribution in [2.45, 2.75) is 39.3 Å². The van der Waals surface area contributed by atoms with E-state index in [9.17, 15) is 10.0 Å². The first-order valence-electron chi connectivity index (χ1n) is 6.77. The predicted molar refractivity (Wildman–Crippen MR) is 74.5 cm³/mol. The molecule has 0 aliphatic carbocycles. The molecule has 3 nitrogen and oxygen atoms in total. The zero-order valence-electron chi connectivity index (χ0n) is 11.2. The number of nitrogens with zero attached hydrogens (tertiary/aromatic N) is 1. The molecule has 0 spiro atoms. The minimum absolute atomic E-state index is 0.619. The van der Waals surface area contributed by atoms with E-state index >= 15 is 0 Å². The zero-order valence-corrected chi connectivity index (χ0v) is 11.2. The molecule has 0 aromatic heterocycles. The third-order valence-corrected chi connectivity index (χ3v) is 3.89. The molecule has 0 radical (unpaired) electrons. The SMILES string of the molecule is CC(C)C1CCCN1Cc1ccccc1B(O)O. The number of hydrogen-bond acceptors (Lipinski definition) is 3. The maximum atomic E-state index is 9.39. The van der Waals surface area contributed by atoms with E-state index in [1.807, 2.05) is 18.2 Å². The van der Waals surface area contributed by atoms with Crippen LogP contribution in [0.15, 0.2) is 24.3 Å². The summed E-state index contributed by atoms with van der Waals surface area (Å²) in [6, 6.07) is 8.21. The summed E-state index contributed by atoms with van der Waals surface area (Å²) >= 11 is 0. The van der Waals surface area contributed by atoms with E-state index in [0.29, 0.717) is 17.4 Å². The summed E-state index contributed by atoms with van der Waals surface area (Å²) in [4.78, 5) is 2.46. The lowest BCUT2D eigenvalue weighted by Crippen LogP contribution is -2.38. The molecule has 1 aliphatic heterocycles. The first-order chi connectivity index (χ1) is 8.59. The Kier molecular flexibility index (Phi) is 4.43. The first kappa shape index (κ1) is 13.6. The van der Waals surface area contributed by atoms with Crippen LogP contribution in [0, 0.1) is 5.92 Å². The van der Waals surface area contributed by atoms with Gasteiger partial charge in [-0.25, -0.2) is 0 Å². The Morgan fingerprint density at radius 2 is 2.06 bits per heavy atom. The van der Waals surface area contributed by atoms with Crippen LogP contribution in [0.25, 0.3) is 0 Å². The number of likely N-dealkylation sites (tertiary alicyclic amines) is 1. The molecule has 1 aromatic carbocycles. The Hall–Kier alpha value is -0.835. The van der Waals surface area contributed by atoms with Crippen molar-refractivity contribution < 1.29 is 10.0 Å². The number of rotatable bonds is 4. The Balaban J connectivity index is 2.14. The summed E-state index contributed by atoms with van der Waals surface area (Å²) in [5.74, 6) is 0.652. The van der Waals surface area contributed by atoms with Gasteiger partial charge in [-0.3, -0.25) is 4.90 Å². The van der Waals surface area contributed by atoms with Gasteiger partial charge in [0.05, 0.1) is 0 Å². The lowest BCUT2D eigenvalue weighted by molar-refractivity contribution is 0.199. The van der Waals surface area contributed by atoms with Crippen LogP contribution in [0.4, 0.5) is 0 Å². The molecule has 2 N–H and O–H groups in total. The lowest BCUT2D eigenvalue weighted by Gasteiger charge is -2.28. The second-order valence-corrected chi connectivity index (χ2v) is 5.50. The van der Waals surface area contributed by atoms with E-state index in [-0.39, 0.29) is 0 Å². The third-order valence-electron chi connectivity index (χ3n) is 3.89. The number of hydrogen-bond donors (Lipinski definition) is 2. The van der Waals surface area contributed by atoms with Crippen molar-refractivity contribution in [3.05, 3.63) is 29.8 Å². The molecule has 4 heteroatoms. The lowest BCUT2D eigenvalue weighted by atomic mass is 9.77. The summed E-state index contributed by atoms with van der Waals surface area (Å²) in [7, 11) is -1.37. The normalized spacial score (nSPS) is 20.6. The second kappa shape index (κ2) is 5.87. The van der Waals surface area contributed by atoms with E-state index in [4.69, 9.17) is 0 Å². The van der Waals surface area contributed by atoms with Crippen LogP contribution in [-0.4, -0.2) is 34.7 Å². The molecule has 0 bridgehead atoms. The highest BCUT2D eigenvalue weighted by atomic mass is 16.4. The van der Waals surface area contributed by atoms with Crippen LogP contribution in [0.3, 0.4) is 0 Å². The summed E-state index contributed by atoms with van der Waals surface area (Å²) < 4.78 is 0. The minimum atomic E-state index is -1.37. The Morgan fingerprint density at radius 3 is 2.72 bits per heavy atom. The fourth-order valence-electron chi connectivity index (χ4n) is 2.95. The van der Waals surface area contributed by atoms with Crippen molar-refractivity contribution in [2.75, 3.05) is 6.54 Å². The van der Waals surface area contributed by atoms with Crippen molar-refractivity contribution >= 4 is 12.6 Å². The van der Waals surface area contributed by atoms with Crippen molar-refractivity contribution in [3.8, 4) is 0 Å². The van der Waals surface area contributed by atoms with Crippen LogP contribution >= 0.6 is 0 Å². The summed E-state index contributed by atoms with van der Waals surface area (Å²) in [5, 5.41) is 18.8. The van der Waals surface area contributed by atoms with Crippen LogP contribution in [0.1, 0.15) is 32.3 Å². The molecule has 0 saturated carbocycles. The number of benzene rings is 1. The van der Waals surface area contributed by atoms with Crippen molar-refractivity contribution in [1.82, 2.24) is 4.90 Å². The minimum Gasteiger partial charge on any atom is -0.423 e. The van der Waals surface area contributed by atoms with Gasteiger partial charge in [0, 0.05) is 12.6 Å². The fraction of sp³-hybridized carbons (Fsp3) is 0.571. The van der Waals surface area contributed by atoms with E-state index in [0.717, 1.165) is 18.7 Å². The van der Waals surface area contributed by atoms with Gasteiger partial charge in [-0.2, -0.15) is 0 Å². The first-order valence-corrected chi connectivity index (χ1v) is 6.77. The molecule has 1 fully saturated rings. The average molecular weight is 247 g/mol. The highest BCUT2D eigenvalue weighted by Gasteiger charge is 2.28. The summed E-state index contributed by atoms with van der Waals surface area (Å²) in [6.45, 7) is 6.45. The van der Waals surface area contributed by atoms with Gasteiger partial charge in [-0.15, -0.1) is 0 Å². The molecule has 1 unspecified atom stereocenters. The van der Waals surface area contributed by atoms with Gasteiger partial charge in [0.25, 0.3) is 0 Å². The van der Waals surface area contributed by atoms with Gasteiger partial charge in [0.15, 0.2) is 0 Å². The smallest absolute Gasteiger partial charge is 0.423 e. The molecule has 1 aliphatic rings. The van der Waals surface area contributed by atoms with Crippen molar-refractivity contribution in [1.29, 1.82) is 0 Å². The van der Waals surface area contributed by atoms with E-state index in [1.165, 1.54) is 12.8 Å². The molecule has 2 rings (SSSR count). The van der Waals surface area contributed by atoms with Gasteiger partial charge >= 0.3 is 7.12 Å². The largest absolute Gasteiger partial charge is 0.488 e. The second-order valence-electron chi connectivity index (χ2n) is 5.50. The van der Waals surface area contributed by atoms with Gasteiger partial charge in [-0.05, 0) is 36.3 Å². The van der Waals surface area contributed by atoms with Crippen molar-refractivity contribution in [2.24, 2.45) is 5.92 Å². The molecule has 98 valence electrons. The summed E-state index contributed by atoms with van der Waals surface area (Å²) in [6.07, 6.45) is 2.49. The van der Waals surface area contributed by atoms with Crippen LogP contribution < -0.4 is 5.46 Å². The maximum absolute atomic E-state index is 9.39. The Bertz CT molecular complexity index is 395. The molecule has 1 heterocycles. The standard InChI is InChI=1S/C14H22BNO2/c1-11(2)14-8-5-9-16(14)10-12-6-3-4-7-13(12)15(17)18/h3-4,6-7,11,14,17-18H,5,8-10H2,1-2H3. The zero-order chi connectivity index (χ0) is 13.1. The molecular formula is C14H22BNO2. The quantitative estimate of drug-likeness (QED) is 0.780. The van der Waals surface area contributed by atoms with E-state index in [2.05, 4.69) is 18.7 Å². The van der Waals surface area contributed by atoms with Gasteiger partial charge in [0.2, 0.25) is 0 Å². The Labute approximate surface area is 110 Å². The molecule has 1 aromatic rings. The highest BCUT2D eigenvalue weighted by Crippen LogP contribution is 2.25. The maximum Gasteiger partial charge on any atom is 0.488 e. The van der Waals surface area contributed by atoms with Crippen LogP contribution in [-0.2, 0) is 6.54 Å². The Morgan fingerprint density at radius 1 is 1.33 bits per heavy atom. The fourth-order valence-corrected chi connectivity index (χ4v) is 2.95. The third kappa shape index (κ3) is 2.94.